The van der Waals surface area contributed by atoms with Crippen molar-refractivity contribution in [3.8, 4) is 0 Å². The number of benzene rings is 1. The maximum absolute atomic E-state index is 11.8. The largest absolute Gasteiger partial charge is 0.481 e. The summed E-state index contributed by atoms with van der Waals surface area (Å²) in [7, 11) is 0. The molecule has 0 bridgehead atoms. The molecule has 1 N–H and O–H groups in total. The Labute approximate surface area is 111 Å². The number of hydrogen-bond acceptors (Lipinski definition) is 4. The van der Waals surface area contributed by atoms with Crippen LogP contribution in [0.1, 0.15) is 22.8 Å². The molecule has 0 aromatic heterocycles. The second-order valence-electron chi connectivity index (χ2n) is 3.65. The fraction of sp³-hybridized carbons (Fsp3) is 0.273. The van der Waals surface area contributed by atoms with Crippen molar-refractivity contribution in [3.05, 3.63) is 39.4 Å². The number of nitrogens with zero attached hydrogens (tertiary/aromatic N) is 1. The maximum atomic E-state index is 11.8. The molecule has 1 aromatic rings. The number of alkyl halides is 1. The molecule has 0 fully saturated rings. The van der Waals surface area contributed by atoms with Crippen LogP contribution in [0.2, 0.25) is 0 Å². The molecule has 0 saturated heterocycles. The van der Waals surface area contributed by atoms with E-state index < -0.39 is 22.1 Å². The average molecular weight is 316 g/mol. The molecule has 0 heterocycles. The number of carboxylic acids is 1. The molecule has 1 unspecified atom stereocenters. The van der Waals surface area contributed by atoms with Crippen molar-refractivity contribution in [2.75, 3.05) is 0 Å². The molecule has 1 atom stereocenters. The van der Waals surface area contributed by atoms with Gasteiger partial charge in [0.2, 0.25) is 0 Å². The van der Waals surface area contributed by atoms with Gasteiger partial charge in [0.1, 0.15) is 0 Å². The summed E-state index contributed by atoms with van der Waals surface area (Å²) in [5.74, 6) is -1.45. The molecule has 96 valence electrons. The van der Waals surface area contributed by atoms with E-state index >= 15 is 0 Å². The molecule has 0 aliphatic carbocycles. The minimum atomic E-state index is -1.15. The number of rotatable bonds is 5. The minimum Gasteiger partial charge on any atom is -0.481 e. The highest BCUT2D eigenvalue weighted by molar-refractivity contribution is 9.10. The first kappa shape index (κ1) is 14.3. The van der Waals surface area contributed by atoms with E-state index in [9.17, 15) is 19.7 Å². The fourth-order valence-corrected chi connectivity index (χ4v) is 1.70. The zero-order valence-corrected chi connectivity index (χ0v) is 11.0. The standard InChI is InChI=1S/C11H10BrNO5/c1-6(12)11(16)9-3-2-8(13(17)18)4-7(9)5-10(14)15/h2-4,6H,5H2,1H3,(H,14,15). The van der Waals surface area contributed by atoms with Crippen LogP contribution in [0.3, 0.4) is 0 Å². The quantitative estimate of drug-likeness (QED) is 0.389. The Morgan fingerprint density at radius 3 is 2.56 bits per heavy atom. The van der Waals surface area contributed by atoms with E-state index in [0.29, 0.717) is 0 Å². The van der Waals surface area contributed by atoms with Gasteiger partial charge in [-0.05, 0) is 18.6 Å². The van der Waals surface area contributed by atoms with Gasteiger partial charge in [0.25, 0.3) is 5.69 Å². The summed E-state index contributed by atoms with van der Waals surface area (Å²) in [6.07, 6.45) is -0.428. The van der Waals surface area contributed by atoms with Crippen molar-refractivity contribution in [2.24, 2.45) is 0 Å². The lowest BCUT2D eigenvalue weighted by Gasteiger charge is -2.08. The Hall–Kier alpha value is -1.76. The van der Waals surface area contributed by atoms with Gasteiger partial charge < -0.3 is 5.11 Å². The second-order valence-corrected chi connectivity index (χ2v) is 5.02. The summed E-state index contributed by atoms with van der Waals surface area (Å²) in [6.45, 7) is 1.61. The van der Waals surface area contributed by atoms with Crippen LogP contribution in [0.5, 0.6) is 0 Å². The van der Waals surface area contributed by atoms with Gasteiger partial charge in [-0.15, -0.1) is 0 Å². The lowest BCUT2D eigenvalue weighted by Crippen LogP contribution is -2.15. The highest BCUT2D eigenvalue weighted by Gasteiger charge is 2.20. The van der Waals surface area contributed by atoms with Crippen molar-refractivity contribution in [3.63, 3.8) is 0 Å². The van der Waals surface area contributed by atoms with Crippen molar-refractivity contribution in [2.45, 2.75) is 18.2 Å². The molecular formula is C11H10BrNO5. The molecule has 0 spiro atoms. The molecule has 0 amide bonds. The lowest BCUT2D eigenvalue weighted by molar-refractivity contribution is -0.384. The summed E-state index contributed by atoms with van der Waals surface area (Å²) in [5.41, 5.74) is 0.102. The predicted octanol–water partition coefficient (Wildman–Crippen LogP) is 2.19. The Balaban J connectivity index is 3.28. The first-order chi connectivity index (χ1) is 8.32. The van der Waals surface area contributed by atoms with Crippen LogP contribution in [-0.4, -0.2) is 26.6 Å². The van der Waals surface area contributed by atoms with Crippen molar-refractivity contribution in [1.29, 1.82) is 0 Å². The van der Waals surface area contributed by atoms with Gasteiger partial charge in [0, 0.05) is 17.7 Å². The number of nitro benzene ring substituents is 1. The smallest absolute Gasteiger partial charge is 0.307 e. The molecule has 1 rings (SSSR count). The Kier molecular flexibility index (Phi) is 4.55. The van der Waals surface area contributed by atoms with Crippen LogP contribution in [-0.2, 0) is 11.2 Å². The van der Waals surface area contributed by atoms with Gasteiger partial charge in [-0.2, -0.15) is 0 Å². The first-order valence-corrected chi connectivity index (χ1v) is 5.92. The van der Waals surface area contributed by atoms with Crippen LogP contribution in [0.25, 0.3) is 0 Å². The van der Waals surface area contributed by atoms with Gasteiger partial charge in [-0.25, -0.2) is 0 Å². The normalized spacial score (nSPS) is 11.9. The SMILES string of the molecule is CC(Br)C(=O)c1ccc([N+](=O)[O-])cc1CC(=O)O. The summed E-state index contributed by atoms with van der Waals surface area (Å²) < 4.78 is 0. The highest BCUT2D eigenvalue weighted by Crippen LogP contribution is 2.21. The van der Waals surface area contributed by atoms with E-state index in [-0.39, 0.29) is 22.6 Å². The molecule has 18 heavy (non-hydrogen) atoms. The zero-order chi connectivity index (χ0) is 13.9. The molecule has 0 aliphatic rings. The van der Waals surface area contributed by atoms with E-state index in [4.69, 9.17) is 5.11 Å². The number of Topliss-reactive ketones (excluding diaryl/α,β-unsaturated/α-hetero) is 1. The summed E-state index contributed by atoms with van der Waals surface area (Å²) in [6, 6.07) is 3.60. The van der Waals surface area contributed by atoms with Crippen molar-refractivity contribution in [1.82, 2.24) is 0 Å². The monoisotopic (exact) mass is 315 g/mol. The van der Waals surface area contributed by atoms with E-state index in [0.717, 1.165) is 6.07 Å². The lowest BCUT2D eigenvalue weighted by atomic mass is 9.99. The van der Waals surface area contributed by atoms with Gasteiger partial charge >= 0.3 is 5.97 Å². The Morgan fingerprint density at radius 1 is 1.50 bits per heavy atom. The fourth-order valence-electron chi connectivity index (χ4n) is 1.46. The molecule has 6 nitrogen and oxygen atoms in total. The van der Waals surface area contributed by atoms with Crippen molar-refractivity contribution < 1.29 is 19.6 Å². The van der Waals surface area contributed by atoms with Crippen LogP contribution in [0.4, 0.5) is 5.69 Å². The number of ketones is 1. The van der Waals surface area contributed by atoms with Gasteiger partial charge in [-0.1, -0.05) is 15.9 Å². The minimum absolute atomic E-state index is 0.146. The van der Waals surface area contributed by atoms with E-state index in [2.05, 4.69) is 15.9 Å². The second kappa shape index (κ2) is 5.72. The summed E-state index contributed by atoms with van der Waals surface area (Å²) in [4.78, 5) is 32.0. The highest BCUT2D eigenvalue weighted by atomic mass is 79.9. The van der Waals surface area contributed by atoms with E-state index in [1.165, 1.54) is 12.1 Å². The molecule has 1 aromatic carbocycles. The third-order valence-corrected chi connectivity index (χ3v) is 2.68. The first-order valence-electron chi connectivity index (χ1n) is 5.00. The molecule has 0 aliphatic heterocycles. The van der Waals surface area contributed by atoms with Crippen LogP contribution in [0, 0.1) is 10.1 Å². The molecule has 0 saturated carbocycles. The average Bonchev–Trinajstić information content (AvgIpc) is 2.26. The van der Waals surface area contributed by atoms with Gasteiger partial charge in [-0.3, -0.25) is 19.7 Å². The topological polar surface area (TPSA) is 97.5 Å². The van der Waals surface area contributed by atoms with E-state index in [1.54, 1.807) is 6.92 Å². The molecule has 7 heteroatoms. The Morgan fingerprint density at radius 2 is 2.11 bits per heavy atom. The zero-order valence-electron chi connectivity index (χ0n) is 9.42. The number of carbonyl (C=O) groups is 2. The number of halogens is 1. The van der Waals surface area contributed by atoms with Gasteiger partial charge in [0.15, 0.2) is 5.78 Å². The molecular weight excluding hydrogens is 306 g/mol. The number of nitro groups is 1. The summed E-state index contributed by atoms with van der Waals surface area (Å²) in [5, 5.41) is 19.4. The third-order valence-electron chi connectivity index (χ3n) is 2.27. The van der Waals surface area contributed by atoms with Crippen LogP contribution >= 0.6 is 15.9 Å². The Bertz CT molecular complexity index is 512. The maximum Gasteiger partial charge on any atom is 0.307 e. The summed E-state index contributed by atoms with van der Waals surface area (Å²) >= 11 is 3.09. The number of carboxylic acid groups (broad SMARTS) is 1. The number of aliphatic carboxylic acids is 1. The predicted molar refractivity (Wildman–Crippen MR) is 67.2 cm³/mol. The van der Waals surface area contributed by atoms with Crippen LogP contribution < -0.4 is 0 Å². The van der Waals surface area contributed by atoms with Gasteiger partial charge in [0.05, 0.1) is 16.2 Å². The third kappa shape index (κ3) is 3.36. The van der Waals surface area contributed by atoms with Crippen LogP contribution in [0.15, 0.2) is 18.2 Å². The number of carbonyl (C=O) groups excluding carboxylic acids is 1. The number of non-ortho nitro benzene ring substituents is 1. The van der Waals surface area contributed by atoms with Crippen molar-refractivity contribution >= 4 is 33.4 Å². The number of hydrogen-bond donors (Lipinski definition) is 1. The van der Waals surface area contributed by atoms with E-state index in [1.807, 2.05) is 0 Å². The molecule has 0 radical (unpaired) electrons.